The first kappa shape index (κ1) is 18.1. The first-order valence-electron chi connectivity index (χ1n) is 4.10. The van der Waals surface area contributed by atoms with Crippen LogP contribution >= 0.6 is 26.8 Å². The molecule has 7 nitrogen and oxygen atoms in total. The van der Waals surface area contributed by atoms with E-state index in [2.05, 4.69) is 4.52 Å². The van der Waals surface area contributed by atoms with Gasteiger partial charge in [0.2, 0.25) is 7.60 Å². The van der Waals surface area contributed by atoms with Crippen molar-refractivity contribution < 1.29 is 50.5 Å². The molecule has 0 fully saturated rings. The van der Waals surface area contributed by atoms with E-state index in [9.17, 15) is 18.9 Å². The maximum atomic E-state index is 11.2. The molecule has 0 radical (unpaired) electrons. The third-order valence-corrected chi connectivity index (χ3v) is 5.21. The van der Waals surface area contributed by atoms with Crippen molar-refractivity contribution in [2.24, 2.45) is 0 Å². The average Bonchev–Trinajstić information content (AvgIpc) is 2.19. The van der Waals surface area contributed by atoms with Crippen LogP contribution < -0.4 is 14.3 Å². The zero-order valence-corrected chi connectivity index (χ0v) is 12.1. The first-order valence-corrected chi connectivity index (χ1v) is 7.74. The zero-order chi connectivity index (χ0) is 13.3. The third kappa shape index (κ3) is 5.02. The van der Waals surface area contributed by atoms with Crippen LogP contribution in [0.2, 0.25) is 5.02 Å². The number of hydrogen-bond donors (Lipinski definition) is 2. The fourth-order valence-corrected chi connectivity index (χ4v) is 3.08. The van der Waals surface area contributed by atoms with Crippen LogP contribution in [0, 0.1) is 0 Å². The van der Waals surface area contributed by atoms with Gasteiger partial charge in [0, 0.05) is 5.02 Å². The Morgan fingerprint density at radius 1 is 1.22 bits per heavy atom. The average molecular weight is 356 g/mol. The smallest absolute Gasteiger partial charge is 0.776 e. The molecule has 0 heterocycles. The summed E-state index contributed by atoms with van der Waals surface area (Å²) < 4.78 is 26.0. The van der Waals surface area contributed by atoms with Gasteiger partial charge in [-0.3, -0.25) is 4.57 Å². The second-order valence-electron chi connectivity index (χ2n) is 3.00. The number of hydrogen-bond acceptors (Lipinski definition) is 6. The Bertz CT molecular complexity index is 487. The minimum absolute atomic E-state index is 0. The fraction of sp³-hybridized carbons (Fsp3) is 0.143. The zero-order valence-electron chi connectivity index (χ0n) is 8.45. The van der Waals surface area contributed by atoms with E-state index in [0.29, 0.717) is 5.02 Å². The molecule has 0 saturated carbocycles. The summed E-state index contributed by atoms with van der Waals surface area (Å²) in [7, 11) is -10.7. The molecule has 1 aromatic carbocycles. The number of halogens is 1. The molecule has 0 aliphatic heterocycles. The molecule has 0 bridgehead atoms. The summed E-state index contributed by atoms with van der Waals surface area (Å²) in [6.07, 6.45) is 0. The standard InChI is InChI=1S/C7H9ClO7P2.Fe/c8-5-1-3-6(4-2-5)15-17(13,14)7(9)16(10,11)12;/h1-4,7,9H,(H,13,14)(H2,10,11,12);/q;+2/p-2. The van der Waals surface area contributed by atoms with Gasteiger partial charge in [0.25, 0.3) is 0 Å². The van der Waals surface area contributed by atoms with E-state index < -0.39 is 20.8 Å². The molecule has 102 valence electrons. The number of aliphatic hydroxyl groups excluding tert-OH is 1. The van der Waals surface area contributed by atoms with E-state index in [4.69, 9.17) is 21.6 Å². The van der Waals surface area contributed by atoms with Gasteiger partial charge in [0.1, 0.15) is 5.75 Å². The molecule has 0 aliphatic carbocycles. The topological polar surface area (TPSA) is 130 Å². The maximum absolute atomic E-state index is 11.2. The van der Waals surface area contributed by atoms with Crippen LogP contribution in [0.4, 0.5) is 0 Å². The SMILES string of the molecule is O=P([O-])(O)C(O)P(=O)([O-])Oc1ccc(Cl)cc1.[Fe+2]. The molecule has 2 N–H and O–H groups in total. The minimum atomic E-state index is -5.45. The third-order valence-electron chi connectivity index (χ3n) is 1.62. The monoisotopic (exact) mass is 356 g/mol. The number of aliphatic hydroxyl groups is 1. The van der Waals surface area contributed by atoms with Gasteiger partial charge in [-0.05, 0) is 24.3 Å². The Hall–Kier alpha value is 0.129. The Morgan fingerprint density at radius 3 is 2.06 bits per heavy atom. The van der Waals surface area contributed by atoms with Gasteiger partial charge in [-0.15, -0.1) is 0 Å². The molecule has 0 aliphatic rings. The van der Waals surface area contributed by atoms with E-state index in [1.165, 1.54) is 12.1 Å². The summed E-state index contributed by atoms with van der Waals surface area (Å²) in [6, 6.07) is 4.93. The maximum Gasteiger partial charge on any atom is 2.00 e. The Morgan fingerprint density at radius 2 is 1.67 bits per heavy atom. The normalized spacial score (nSPS) is 18.9. The van der Waals surface area contributed by atoms with E-state index in [0.717, 1.165) is 12.1 Å². The van der Waals surface area contributed by atoms with Gasteiger partial charge < -0.3 is 28.9 Å². The number of benzene rings is 1. The minimum Gasteiger partial charge on any atom is -0.776 e. The van der Waals surface area contributed by atoms with Crippen LogP contribution in [0.3, 0.4) is 0 Å². The molecule has 0 spiro atoms. The molecule has 3 atom stereocenters. The van der Waals surface area contributed by atoms with E-state index in [-0.39, 0.29) is 22.8 Å². The Labute approximate surface area is 118 Å². The van der Waals surface area contributed by atoms with Crippen LogP contribution in [0.5, 0.6) is 5.75 Å². The van der Waals surface area contributed by atoms with Crippen molar-refractivity contribution in [2.75, 3.05) is 0 Å². The van der Waals surface area contributed by atoms with Crippen molar-refractivity contribution in [3.8, 4) is 5.75 Å². The summed E-state index contributed by atoms with van der Waals surface area (Å²) >= 11 is 5.53. The van der Waals surface area contributed by atoms with Gasteiger partial charge in [-0.25, -0.2) is 0 Å². The van der Waals surface area contributed by atoms with Crippen molar-refractivity contribution in [3.63, 3.8) is 0 Å². The molecule has 3 unspecified atom stereocenters. The quantitative estimate of drug-likeness (QED) is 0.577. The predicted molar refractivity (Wildman–Crippen MR) is 55.5 cm³/mol. The Balaban J connectivity index is 0.00000289. The molecular formula is C7H7ClFeO7P2. The van der Waals surface area contributed by atoms with Crippen LogP contribution in [0.15, 0.2) is 24.3 Å². The van der Waals surface area contributed by atoms with Crippen LogP contribution in [-0.2, 0) is 26.2 Å². The molecule has 1 rings (SSSR count). The van der Waals surface area contributed by atoms with E-state index >= 15 is 0 Å². The van der Waals surface area contributed by atoms with Crippen LogP contribution in [0.1, 0.15) is 0 Å². The van der Waals surface area contributed by atoms with Crippen molar-refractivity contribution in [2.45, 2.75) is 5.59 Å². The number of rotatable bonds is 4. The predicted octanol–water partition coefficient (Wildman–Crippen LogP) is 0.0913. The molecular weight excluding hydrogens is 349 g/mol. The molecule has 18 heavy (non-hydrogen) atoms. The van der Waals surface area contributed by atoms with Gasteiger partial charge >= 0.3 is 17.1 Å². The fourth-order valence-electron chi connectivity index (χ4n) is 0.868. The van der Waals surface area contributed by atoms with Crippen molar-refractivity contribution in [1.82, 2.24) is 0 Å². The molecule has 11 heteroatoms. The largest absolute Gasteiger partial charge is 2.00 e. The van der Waals surface area contributed by atoms with Gasteiger partial charge in [0.05, 0.1) is 0 Å². The summed E-state index contributed by atoms with van der Waals surface area (Å²) in [5.74, 6) is -0.236. The Kier molecular flexibility index (Phi) is 6.57. The molecule has 0 amide bonds. The van der Waals surface area contributed by atoms with E-state index in [1.54, 1.807) is 0 Å². The van der Waals surface area contributed by atoms with E-state index in [1.807, 2.05) is 0 Å². The summed E-state index contributed by atoms with van der Waals surface area (Å²) in [5.41, 5.74) is -3.01. The van der Waals surface area contributed by atoms with Gasteiger partial charge in [-0.1, -0.05) is 11.6 Å². The van der Waals surface area contributed by atoms with Crippen molar-refractivity contribution in [1.29, 1.82) is 0 Å². The van der Waals surface area contributed by atoms with Crippen LogP contribution in [-0.4, -0.2) is 15.6 Å². The second kappa shape index (κ2) is 6.53. The molecule has 1 aromatic rings. The van der Waals surface area contributed by atoms with Gasteiger partial charge in [-0.2, -0.15) is 0 Å². The first-order chi connectivity index (χ1) is 7.63. The molecule has 0 saturated heterocycles. The summed E-state index contributed by atoms with van der Waals surface area (Å²) in [4.78, 5) is 30.1. The second-order valence-corrected chi connectivity index (χ2v) is 7.21. The van der Waals surface area contributed by atoms with Crippen molar-refractivity contribution >= 4 is 26.8 Å². The van der Waals surface area contributed by atoms with Crippen LogP contribution in [0.25, 0.3) is 0 Å². The van der Waals surface area contributed by atoms with Crippen molar-refractivity contribution in [3.05, 3.63) is 29.3 Å². The molecule has 0 aromatic heterocycles. The summed E-state index contributed by atoms with van der Waals surface area (Å²) in [6.45, 7) is 0. The summed E-state index contributed by atoms with van der Waals surface area (Å²) in [5, 5.41) is 9.19. The van der Waals surface area contributed by atoms with Gasteiger partial charge in [0.15, 0.2) is 13.2 Å².